The molecule has 1 aromatic rings. The first-order chi connectivity index (χ1) is 8.70. The van der Waals surface area contributed by atoms with Gasteiger partial charge >= 0.3 is 0 Å². The summed E-state index contributed by atoms with van der Waals surface area (Å²) < 4.78 is 0. The standard InChI is InChI=1S/C14H20ClNOS/c1-10(8-15)9-16-14(17)13-7-11-5-3-2-4-6-12(11)18-13/h7,10H,2-6,8-9H2,1H3,(H,16,17). The summed E-state index contributed by atoms with van der Waals surface area (Å²) >= 11 is 7.40. The van der Waals surface area contributed by atoms with Gasteiger partial charge in [0.15, 0.2) is 0 Å². The van der Waals surface area contributed by atoms with Gasteiger partial charge in [0.05, 0.1) is 4.88 Å². The van der Waals surface area contributed by atoms with Crippen molar-refractivity contribution in [2.45, 2.75) is 39.0 Å². The second kappa shape index (κ2) is 6.58. The van der Waals surface area contributed by atoms with Crippen molar-refractivity contribution in [1.82, 2.24) is 5.32 Å². The van der Waals surface area contributed by atoms with E-state index >= 15 is 0 Å². The molecule has 4 heteroatoms. The number of nitrogens with one attached hydrogen (secondary N) is 1. The highest BCUT2D eigenvalue weighted by Crippen LogP contribution is 2.28. The molecule has 1 N–H and O–H groups in total. The number of alkyl halides is 1. The molecule has 0 radical (unpaired) electrons. The lowest BCUT2D eigenvalue weighted by Crippen LogP contribution is -2.28. The maximum absolute atomic E-state index is 12.0. The fraction of sp³-hybridized carbons (Fsp3) is 0.643. The van der Waals surface area contributed by atoms with Crippen LogP contribution in [0.5, 0.6) is 0 Å². The van der Waals surface area contributed by atoms with Crippen LogP contribution in [-0.2, 0) is 12.8 Å². The monoisotopic (exact) mass is 285 g/mol. The lowest BCUT2D eigenvalue weighted by atomic mass is 10.1. The normalized spacial score (nSPS) is 16.8. The van der Waals surface area contributed by atoms with Crippen LogP contribution in [0.1, 0.15) is 46.3 Å². The van der Waals surface area contributed by atoms with Crippen LogP contribution in [0.15, 0.2) is 6.07 Å². The minimum Gasteiger partial charge on any atom is -0.351 e. The van der Waals surface area contributed by atoms with Crippen LogP contribution in [0.3, 0.4) is 0 Å². The Morgan fingerprint density at radius 2 is 2.22 bits per heavy atom. The zero-order valence-corrected chi connectivity index (χ0v) is 12.4. The van der Waals surface area contributed by atoms with Crippen LogP contribution in [0.25, 0.3) is 0 Å². The van der Waals surface area contributed by atoms with Gasteiger partial charge in [0.25, 0.3) is 5.91 Å². The number of hydrogen-bond donors (Lipinski definition) is 1. The van der Waals surface area contributed by atoms with E-state index in [2.05, 4.69) is 11.4 Å². The van der Waals surface area contributed by atoms with E-state index in [0.29, 0.717) is 18.3 Å². The molecule has 1 atom stereocenters. The largest absolute Gasteiger partial charge is 0.351 e. The molecule has 1 unspecified atom stereocenters. The summed E-state index contributed by atoms with van der Waals surface area (Å²) in [7, 11) is 0. The topological polar surface area (TPSA) is 29.1 Å². The quantitative estimate of drug-likeness (QED) is 0.664. The molecule has 0 spiro atoms. The number of rotatable bonds is 4. The molecular weight excluding hydrogens is 266 g/mol. The Labute approximate surface area is 118 Å². The van der Waals surface area contributed by atoms with Crippen molar-refractivity contribution < 1.29 is 4.79 Å². The maximum atomic E-state index is 12.0. The molecule has 0 aromatic carbocycles. The van der Waals surface area contributed by atoms with Crippen molar-refractivity contribution in [2.24, 2.45) is 5.92 Å². The molecule has 0 aliphatic heterocycles. The Kier molecular flexibility index (Phi) is 5.07. The molecule has 0 fully saturated rings. The molecule has 100 valence electrons. The molecule has 1 amide bonds. The van der Waals surface area contributed by atoms with Gasteiger partial charge in [-0.2, -0.15) is 0 Å². The van der Waals surface area contributed by atoms with Gasteiger partial charge in [-0.3, -0.25) is 4.79 Å². The van der Waals surface area contributed by atoms with Crippen LogP contribution >= 0.6 is 22.9 Å². The third-order valence-corrected chi connectivity index (χ3v) is 5.11. The third kappa shape index (κ3) is 3.48. The highest BCUT2D eigenvalue weighted by molar-refractivity contribution is 7.14. The summed E-state index contributed by atoms with van der Waals surface area (Å²) in [6.07, 6.45) is 6.12. The lowest BCUT2D eigenvalue weighted by Gasteiger charge is -2.07. The number of carbonyl (C=O) groups excluding carboxylic acids is 1. The Hall–Kier alpha value is -0.540. The van der Waals surface area contributed by atoms with Crippen LogP contribution in [0, 0.1) is 5.92 Å². The lowest BCUT2D eigenvalue weighted by molar-refractivity contribution is 0.0953. The smallest absolute Gasteiger partial charge is 0.261 e. The van der Waals surface area contributed by atoms with Gasteiger partial charge in [0.2, 0.25) is 0 Å². The molecular formula is C14H20ClNOS. The zero-order valence-electron chi connectivity index (χ0n) is 10.8. The maximum Gasteiger partial charge on any atom is 0.261 e. The number of hydrogen-bond acceptors (Lipinski definition) is 2. The van der Waals surface area contributed by atoms with Crippen molar-refractivity contribution in [3.05, 3.63) is 21.4 Å². The van der Waals surface area contributed by atoms with Gasteiger partial charge in [-0.1, -0.05) is 13.3 Å². The predicted molar refractivity (Wildman–Crippen MR) is 77.8 cm³/mol. The number of thiophene rings is 1. The first kappa shape index (κ1) is 13.9. The number of fused-ring (bicyclic) bond motifs is 1. The van der Waals surface area contributed by atoms with Gasteiger partial charge in [-0.05, 0) is 43.2 Å². The van der Waals surface area contributed by atoms with Gasteiger partial charge in [-0.15, -0.1) is 22.9 Å². The van der Waals surface area contributed by atoms with E-state index in [0.717, 1.165) is 17.7 Å². The van der Waals surface area contributed by atoms with Crippen molar-refractivity contribution >= 4 is 28.8 Å². The fourth-order valence-electron chi connectivity index (χ4n) is 2.19. The van der Waals surface area contributed by atoms with Crippen LogP contribution in [0.4, 0.5) is 0 Å². The number of amides is 1. The minimum atomic E-state index is 0.0602. The molecule has 1 heterocycles. The Balaban J connectivity index is 1.98. The number of aryl methyl sites for hydroxylation is 2. The summed E-state index contributed by atoms with van der Waals surface area (Å²) in [4.78, 5) is 14.3. The summed E-state index contributed by atoms with van der Waals surface area (Å²) in [5, 5.41) is 2.96. The summed E-state index contributed by atoms with van der Waals surface area (Å²) in [5.74, 6) is 0.972. The SMILES string of the molecule is CC(CCl)CNC(=O)c1cc2c(s1)CCCCC2. The molecule has 0 saturated heterocycles. The molecule has 2 rings (SSSR count). The van der Waals surface area contributed by atoms with Gasteiger partial charge < -0.3 is 5.32 Å². The predicted octanol–water partition coefficient (Wildman–Crippen LogP) is 3.62. The molecule has 2 nitrogen and oxygen atoms in total. The summed E-state index contributed by atoms with van der Waals surface area (Å²) in [5.41, 5.74) is 1.40. The molecule has 1 aliphatic rings. The highest BCUT2D eigenvalue weighted by Gasteiger charge is 2.16. The molecule has 1 aliphatic carbocycles. The van der Waals surface area contributed by atoms with Gasteiger partial charge in [-0.25, -0.2) is 0 Å². The zero-order chi connectivity index (χ0) is 13.0. The number of carbonyl (C=O) groups is 1. The average Bonchev–Trinajstić information content (AvgIpc) is 2.67. The van der Waals surface area contributed by atoms with Crippen LogP contribution in [-0.4, -0.2) is 18.3 Å². The first-order valence-corrected chi connectivity index (χ1v) is 8.01. The van der Waals surface area contributed by atoms with E-state index < -0.39 is 0 Å². The fourth-order valence-corrected chi connectivity index (χ4v) is 3.47. The highest BCUT2D eigenvalue weighted by atomic mass is 35.5. The molecule has 18 heavy (non-hydrogen) atoms. The van der Waals surface area contributed by atoms with Crippen molar-refractivity contribution in [3.8, 4) is 0 Å². The second-order valence-corrected chi connectivity index (χ2v) is 6.53. The van der Waals surface area contributed by atoms with E-state index in [1.54, 1.807) is 11.3 Å². The van der Waals surface area contributed by atoms with Crippen molar-refractivity contribution in [1.29, 1.82) is 0 Å². The minimum absolute atomic E-state index is 0.0602. The van der Waals surface area contributed by atoms with E-state index in [1.165, 1.54) is 29.7 Å². The second-order valence-electron chi connectivity index (χ2n) is 5.09. The summed E-state index contributed by atoms with van der Waals surface area (Å²) in [6, 6.07) is 2.09. The Morgan fingerprint density at radius 1 is 1.44 bits per heavy atom. The third-order valence-electron chi connectivity index (χ3n) is 3.34. The molecule has 0 saturated carbocycles. The van der Waals surface area contributed by atoms with E-state index in [1.807, 2.05) is 6.92 Å². The molecule has 0 bridgehead atoms. The number of halogens is 1. The average molecular weight is 286 g/mol. The van der Waals surface area contributed by atoms with Crippen molar-refractivity contribution in [3.63, 3.8) is 0 Å². The van der Waals surface area contributed by atoms with Gasteiger partial charge in [0, 0.05) is 17.3 Å². The van der Waals surface area contributed by atoms with Crippen LogP contribution < -0.4 is 5.32 Å². The van der Waals surface area contributed by atoms with E-state index in [9.17, 15) is 4.79 Å². The molecule has 1 aromatic heterocycles. The summed E-state index contributed by atoms with van der Waals surface area (Å²) in [6.45, 7) is 2.70. The Bertz CT molecular complexity index is 392. The van der Waals surface area contributed by atoms with Crippen molar-refractivity contribution in [2.75, 3.05) is 12.4 Å². The van der Waals surface area contributed by atoms with E-state index in [-0.39, 0.29) is 5.91 Å². The Morgan fingerprint density at radius 3 is 3.00 bits per heavy atom. The van der Waals surface area contributed by atoms with Crippen LogP contribution in [0.2, 0.25) is 0 Å². The van der Waals surface area contributed by atoms with E-state index in [4.69, 9.17) is 11.6 Å². The van der Waals surface area contributed by atoms with Gasteiger partial charge in [0.1, 0.15) is 0 Å². The first-order valence-electron chi connectivity index (χ1n) is 6.66.